The Labute approximate surface area is 179 Å². The normalized spacial score (nSPS) is 17.1. The highest BCUT2D eigenvalue weighted by Crippen LogP contribution is 2.44. The van der Waals surface area contributed by atoms with Crippen LogP contribution in [-0.2, 0) is 16.8 Å². The fourth-order valence-corrected chi connectivity index (χ4v) is 4.99. The van der Waals surface area contributed by atoms with E-state index in [4.69, 9.17) is 13.9 Å². The van der Waals surface area contributed by atoms with Crippen molar-refractivity contribution in [3.8, 4) is 23.0 Å². The first-order valence-electron chi connectivity index (χ1n) is 10.3. The molecule has 1 fully saturated rings. The molecule has 0 spiro atoms. The van der Waals surface area contributed by atoms with E-state index in [1.165, 1.54) is 0 Å². The topological polar surface area (TPSA) is 73.6 Å². The van der Waals surface area contributed by atoms with Crippen molar-refractivity contribution in [2.75, 3.05) is 13.2 Å². The predicted molar refractivity (Wildman–Crippen MR) is 114 cm³/mol. The summed E-state index contributed by atoms with van der Waals surface area (Å²) in [5.74, 6) is 2.97. The Bertz CT molecular complexity index is 1060. The molecule has 2 aliphatic rings. The molecule has 0 saturated heterocycles. The second-order valence-corrected chi connectivity index (χ2v) is 8.91. The number of nitrogens with one attached hydrogen (secondary N) is 1. The summed E-state index contributed by atoms with van der Waals surface area (Å²) in [7, 11) is 0. The minimum absolute atomic E-state index is 0.0409. The Morgan fingerprint density at radius 3 is 2.70 bits per heavy atom. The number of fused-ring (bicyclic) bond motifs is 1. The van der Waals surface area contributed by atoms with E-state index in [1.807, 2.05) is 42.6 Å². The molecule has 7 heteroatoms. The van der Waals surface area contributed by atoms with Crippen LogP contribution in [0.25, 0.3) is 11.5 Å². The van der Waals surface area contributed by atoms with Gasteiger partial charge in [0.2, 0.25) is 5.91 Å². The Hall–Kier alpha value is -2.80. The van der Waals surface area contributed by atoms with Gasteiger partial charge in [-0.1, -0.05) is 18.9 Å². The molecule has 6 nitrogen and oxygen atoms in total. The number of amides is 1. The van der Waals surface area contributed by atoms with E-state index in [0.717, 1.165) is 65.0 Å². The molecule has 0 unspecified atom stereocenters. The minimum Gasteiger partial charge on any atom is -0.486 e. The highest BCUT2D eigenvalue weighted by atomic mass is 32.1. The second kappa shape index (κ2) is 7.80. The molecule has 5 rings (SSSR count). The number of aryl methyl sites for hydroxylation is 1. The van der Waals surface area contributed by atoms with Gasteiger partial charge in [0.15, 0.2) is 17.3 Å². The van der Waals surface area contributed by atoms with Crippen molar-refractivity contribution in [1.82, 2.24) is 10.3 Å². The number of aromatic nitrogens is 1. The SMILES string of the molecule is Cc1nc(-c2ccc(CNC(=O)C3(c4ccc5c(c4)OCCO5)CCCC3)o2)cs1. The van der Waals surface area contributed by atoms with Gasteiger partial charge in [0.05, 0.1) is 17.0 Å². The van der Waals surface area contributed by atoms with Gasteiger partial charge < -0.3 is 19.2 Å². The average Bonchev–Trinajstić information content (AvgIpc) is 3.52. The van der Waals surface area contributed by atoms with E-state index in [2.05, 4.69) is 10.3 Å². The minimum atomic E-state index is -0.530. The van der Waals surface area contributed by atoms with Gasteiger partial charge in [-0.25, -0.2) is 4.98 Å². The van der Waals surface area contributed by atoms with E-state index in [1.54, 1.807) is 11.3 Å². The molecule has 1 aliphatic heterocycles. The molecule has 0 bridgehead atoms. The zero-order chi connectivity index (χ0) is 20.6. The summed E-state index contributed by atoms with van der Waals surface area (Å²) in [5, 5.41) is 6.08. The molecule has 1 aliphatic carbocycles. The number of hydrogen-bond donors (Lipinski definition) is 1. The van der Waals surface area contributed by atoms with Crippen LogP contribution in [0.3, 0.4) is 0 Å². The zero-order valence-electron chi connectivity index (χ0n) is 16.9. The molecule has 1 saturated carbocycles. The first-order chi connectivity index (χ1) is 14.6. The van der Waals surface area contributed by atoms with E-state index in [0.29, 0.717) is 19.8 Å². The lowest BCUT2D eigenvalue weighted by Crippen LogP contribution is -2.42. The fraction of sp³-hybridized carbons (Fsp3) is 0.391. The second-order valence-electron chi connectivity index (χ2n) is 7.85. The Morgan fingerprint density at radius 1 is 1.13 bits per heavy atom. The summed E-state index contributed by atoms with van der Waals surface area (Å²) in [6.45, 7) is 3.42. The highest BCUT2D eigenvalue weighted by Gasteiger charge is 2.43. The number of carbonyl (C=O) groups is 1. The quantitative estimate of drug-likeness (QED) is 0.647. The molecular weight excluding hydrogens is 400 g/mol. The molecule has 3 aromatic rings. The fourth-order valence-electron chi connectivity index (χ4n) is 4.39. The van der Waals surface area contributed by atoms with Crippen LogP contribution in [0.1, 0.15) is 42.0 Å². The molecule has 0 radical (unpaired) electrons. The Kier molecular flexibility index (Phi) is 4.98. The van der Waals surface area contributed by atoms with Crippen molar-refractivity contribution in [2.45, 2.75) is 44.6 Å². The van der Waals surface area contributed by atoms with E-state index >= 15 is 0 Å². The lowest BCUT2D eigenvalue weighted by Gasteiger charge is -2.29. The van der Waals surface area contributed by atoms with Crippen LogP contribution in [0.15, 0.2) is 40.1 Å². The summed E-state index contributed by atoms with van der Waals surface area (Å²) >= 11 is 1.59. The predicted octanol–water partition coefficient (Wildman–Crippen LogP) is 4.61. The summed E-state index contributed by atoms with van der Waals surface area (Å²) in [6, 6.07) is 9.71. The van der Waals surface area contributed by atoms with E-state index < -0.39 is 5.41 Å². The summed E-state index contributed by atoms with van der Waals surface area (Å²) in [4.78, 5) is 17.8. The number of ether oxygens (including phenoxy) is 2. The number of thiazole rings is 1. The smallest absolute Gasteiger partial charge is 0.231 e. The van der Waals surface area contributed by atoms with Crippen molar-refractivity contribution < 1.29 is 18.7 Å². The molecule has 156 valence electrons. The van der Waals surface area contributed by atoms with Gasteiger partial charge in [-0.3, -0.25) is 4.79 Å². The lowest BCUT2D eigenvalue weighted by molar-refractivity contribution is -0.126. The Morgan fingerprint density at radius 2 is 1.93 bits per heavy atom. The molecule has 0 atom stereocenters. The zero-order valence-corrected chi connectivity index (χ0v) is 17.7. The highest BCUT2D eigenvalue weighted by molar-refractivity contribution is 7.09. The van der Waals surface area contributed by atoms with Gasteiger partial charge in [-0.05, 0) is 49.6 Å². The number of carbonyl (C=O) groups excluding carboxylic acids is 1. The van der Waals surface area contributed by atoms with Crippen LogP contribution < -0.4 is 14.8 Å². The standard InChI is InChI=1S/C23H24N2O4S/c1-15-25-18(14-30-15)19-7-5-17(29-19)13-24-22(26)23(8-2-3-9-23)16-4-6-20-21(12-16)28-11-10-27-20/h4-7,12,14H,2-3,8-11,13H2,1H3,(H,24,26). The van der Waals surface area contributed by atoms with Crippen LogP contribution in [0, 0.1) is 6.92 Å². The molecule has 1 aromatic carbocycles. The largest absolute Gasteiger partial charge is 0.486 e. The molecule has 3 heterocycles. The van der Waals surface area contributed by atoms with Gasteiger partial charge in [-0.2, -0.15) is 0 Å². The molecule has 1 N–H and O–H groups in total. The van der Waals surface area contributed by atoms with Gasteiger partial charge in [0.25, 0.3) is 0 Å². The maximum Gasteiger partial charge on any atom is 0.231 e. The number of furan rings is 1. The summed E-state index contributed by atoms with van der Waals surface area (Å²) < 4.78 is 17.3. The Balaban J connectivity index is 1.33. The van der Waals surface area contributed by atoms with E-state index in [-0.39, 0.29) is 5.91 Å². The van der Waals surface area contributed by atoms with Crippen molar-refractivity contribution in [1.29, 1.82) is 0 Å². The lowest BCUT2D eigenvalue weighted by atomic mass is 9.77. The third-order valence-corrected chi connectivity index (χ3v) is 6.72. The maximum atomic E-state index is 13.4. The monoisotopic (exact) mass is 424 g/mol. The van der Waals surface area contributed by atoms with Crippen molar-refractivity contribution in [3.63, 3.8) is 0 Å². The van der Waals surface area contributed by atoms with Crippen LogP contribution in [0.5, 0.6) is 11.5 Å². The first-order valence-corrected chi connectivity index (χ1v) is 11.2. The maximum absolute atomic E-state index is 13.4. The van der Waals surface area contributed by atoms with Gasteiger partial charge in [0.1, 0.15) is 24.7 Å². The van der Waals surface area contributed by atoms with Crippen molar-refractivity contribution in [3.05, 3.63) is 52.0 Å². The van der Waals surface area contributed by atoms with Crippen molar-refractivity contribution >= 4 is 17.2 Å². The van der Waals surface area contributed by atoms with Gasteiger partial charge in [-0.15, -0.1) is 11.3 Å². The third-order valence-electron chi connectivity index (χ3n) is 5.94. The van der Waals surface area contributed by atoms with E-state index in [9.17, 15) is 4.79 Å². The molecule has 1 amide bonds. The van der Waals surface area contributed by atoms with Gasteiger partial charge in [0, 0.05) is 5.38 Å². The first kappa shape index (κ1) is 19.2. The molecule has 2 aromatic heterocycles. The third kappa shape index (κ3) is 3.47. The van der Waals surface area contributed by atoms with Crippen molar-refractivity contribution in [2.24, 2.45) is 0 Å². The number of benzene rings is 1. The molecular formula is C23H24N2O4S. The van der Waals surface area contributed by atoms with Crippen LogP contribution in [-0.4, -0.2) is 24.1 Å². The average molecular weight is 425 g/mol. The number of nitrogens with zero attached hydrogens (tertiary/aromatic N) is 1. The van der Waals surface area contributed by atoms with Crippen LogP contribution >= 0.6 is 11.3 Å². The van der Waals surface area contributed by atoms with Crippen LogP contribution in [0.2, 0.25) is 0 Å². The van der Waals surface area contributed by atoms with Gasteiger partial charge >= 0.3 is 0 Å². The number of rotatable bonds is 5. The summed E-state index contributed by atoms with van der Waals surface area (Å²) in [5.41, 5.74) is 1.30. The summed E-state index contributed by atoms with van der Waals surface area (Å²) in [6.07, 6.45) is 3.74. The molecule has 30 heavy (non-hydrogen) atoms. The number of hydrogen-bond acceptors (Lipinski definition) is 6. The van der Waals surface area contributed by atoms with Crippen LogP contribution in [0.4, 0.5) is 0 Å².